The molecule has 23 heavy (non-hydrogen) atoms. The molecule has 0 unspecified atom stereocenters. The van der Waals surface area contributed by atoms with Gasteiger partial charge in [0.15, 0.2) is 5.82 Å². The summed E-state index contributed by atoms with van der Waals surface area (Å²) in [6.07, 6.45) is 3.33. The van der Waals surface area contributed by atoms with Crippen LogP contribution in [0.1, 0.15) is 43.8 Å². The predicted octanol–water partition coefficient (Wildman–Crippen LogP) is 2.94. The Morgan fingerprint density at radius 3 is 2.83 bits per heavy atom. The summed E-state index contributed by atoms with van der Waals surface area (Å²) in [5.74, 6) is 2.15. The summed E-state index contributed by atoms with van der Waals surface area (Å²) in [5, 5.41) is 4.06. The molecule has 6 nitrogen and oxygen atoms in total. The number of ether oxygens (including phenoxy) is 1. The van der Waals surface area contributed by atoms with E-state index < -0.39 is 0 Å². The number of aromatic nitrogens is 2. The maximum absolute atomic E-state index is 12.3. The van der Waals surface area contributed by atoms with Crippen LogP contribution >= 0.6 is 0 Å². The molecule has 0 radical (unpaired) electrons. The Kier molecular flexibility index (Phi) is 4.60. The highest BCUT2D eigenvalue weighted by atomic mass is 16.5. The number of methoxy groups -OCH3 is 1. The number of carbonyl (C=O) groups is 1. The van der Waals surface area contributed by atoms with Gasteiger partial charge in [0.05, 0.1) is 7.11 Å². The first-order valence-corrected chi connectivity index (χ1v) is 7.98. The van der Waals surface area contributed by atoms with Crippen molar-refractivity contribution >= 4 is 11.6 Å². The van der Waals surface area contributed by atoms with Crippen LogP contribution in [0.15, 0.2) is 28.8 Å². The quantitative estimate of drug-likeness (QED) is 0.820. The average Bonchev–Trinajstić information content (AvgIpc) is 3.19. The Morgan fingerprint density at radius 2 is 2.13 bits per heavy atom. The number of amides is 1. The number of anilines is 1. The second-order valence-corrected chi connectivity index (χ2v) is 5.75. The van der Waals surface area contributed by atoms with E-state index in [0.717, 1.165) is 30.7 Å². The number of unbranched alkanes of at least 4 members (excludes halogenated alkanes) is 1. The van der Waals surface area contributed by atoms with Crippen molar-refractivity contribution in [1.29, 1.82) is 0 Å². The zero-order valence-corrected chi connectivity index (χ0v) is 13.5. The highest BCUT2D eigenvalue weighted by Gasteiger charge is 2.34. The molecule has 1 saturated heterocycles. The molecule has 1 atom stereocenters. The lowest BCUT2D eigenvalue weighted by atomic mass is 10.1. The van der Waals surface area contributed by atoms with E-state index in [0.29, 0.717) is 24.7 Å². The van der Waals surface area contributed by atoms with Crippen molar-refractivity contribution in [3.63, 3.8) is 0 Å². The Bertz CT molecular complexity index is 666. The van der Waals surface area contributed by atoms with Crippen LogP contribution in [0.4, 0.5) is 5.69 Å². The van der Waals surface area contributed by atoms with Gasteiger partial charge in [0.1, 0.15) is 5.75 Å². The molecule has 6 heteroatoms. The van der Waals surface area contributed by atoms with Gasteiger partial charge in [0.25, 0.3) is 0 Å². The normalized spacial score (nSPS) is 17.7. The van der Waals surface area contributed by atoms with Gasteiger partial charge < -0.3 is 14.2 Å². The lowest BCUT2D eigenvalue weighted by Gasteiger charge is -2.16. The van der Waals surface area contributed by atoms with E-state index in [1.54, 1.807) is 12.0 Å². The van der Waals surface area contributed by atoms with Crippen molar-refractivity contribution in [2.45, 2.75) is 38.5 Å². The standard InChI is InChI=1S/C17H21N3O3/c1-3-4-5-15-18-17(19-23-15)12-10-16(21)20(11-12)13-6-8-14(22-2)9-7-13/h6-9,12H,3-5,10-11H2,1-2H3/t12-/m1/s1. The van der Waals surface area contributed by atoms with E-state index in [9.17, 15) is 4.79 Å². The lowest BCUT2D eigenvalue weighted by molar-refractivity contribution is -0.117. The number of benzene rings is 1. The molecule has 1 fully saturated rings. The molecule has 0 saturated carbocycles. The third kappa shape index (κ3) is 3.36. The van der Waals surface area contributed by atoms with E-state index in [1.807, 2.05) is 24.3 Å². The number of hydrogen-bond donors (Lipinski definition) is 0. The topological polar surface area (TPSA) is 68.5 Å². The maximum atomic E-state index is 12.3. The molecular formula is C17H21N3O3. The van der Waals surface area contributed by atoms with Crippen molar-refractivity contribution < 1.29 is 14.1 Å². The van der Waals surface area contributed by atoms with Gasteiger partial charge in [-0.05, 0) is 30.7 Å². The summed E-state index contributed by atoms with van der Waals surface area (Å²) in [4.78, 5) is 18.5. The van der Waals surface area contributed by atoms with Crippen LogP contribution in [0.25, 0.3) is 0 Å². The summed E-state index contributed by atoms with van der Waals surface area (Å²) in [7, 11) is 1.62. The molecule has 2 heterocycles. The first-order chi connectivity index (χ1) is 11.2. The second-order valence-electron chi connectivity index (χ2n) is 5.75. The molecule has 0 aliphatic carbocycles. The SMILES string of the molecule is CCCCc1nc([C@@H]2CC(=O)N(c3ccc(OC)cc3)C2)no1. The van der Waals surface area contributed by atoms with E-state index in [2.05, 4.69) is 17.1 Å². The van der Waals surface area contributed by atoms with Crippen LogP contribution in [-0.4, -0.2) is 29.7 Å². The largest absolute Gasteiger partial charge is 0.497 e. The van der Waals surface area contributed by atoms with Gasteiger partial charge in [-0.15, -0.1) is 0 Å². The van der Waals surface area contributed by atoms with Crippen LogP contribution in [-0.2, 0) is 11.2 Å². The fraction of sp³-hybridized carbons (Fsp3) is 0.471. The minimum Gasteiger partial charge on any atom is -0.497 e. The minimum atomic E-state index is -0.0104. The highest BCUT2D eigenvalue weighted by molar-refractivity contribution is 5.96. The Labute approximate surface area is 135 Å². The van der Waals surface area contributed by atoms with Crippen molar-refractivity contribution in [3.05, 3.63) is 36.0 Å². The minimum absolute atomic E-state index is 0.0104. The third-order valence-electron chi connectivity index (χ3n) is 4.10. The zero-order chi connectivity index (χ0) is 16.2. The lowest BCUT2D eigenvalue weighted by Crippen LogP contribution is -2.24. The van der Waals surface area contributed by atoms with Crippen LogP contribution < -0.4 is 9.64 Å². The second kappa shape index (κ2) is 6.81. The smallest absolute Gasteiger partial charge is 0.227 e. The molecule has 2 aromatic rings. The van der Waals surface area contributed by atoms with Crippen LogP contribution in [0.3, 0.4) is 0 Å². The van der Waals surface area contributed by atoms with Crippen LogP contribution in [0.2, 0.25) is 0 Å². The van der Waals surface area contributed by atoms with Gasteiger partial charge >= 0.3 is 0 Å². The summed E-state index contributed by atoms with van der Waals surface area (Å²) >= 11 is 0. The molecular weight excluding hydrogens is 294 g/mol. The fourth-order valence-corrected chi connectivity index (χ4v) is 2.76. The van der Waals surface area contributed by atoms with Gasteiger partial charge in [-0.25, -0.2) is 0 Å². The molecule has 1 amide bonds. The predicted molar refractivity (Wildman–Crippen MR) is 85.6 cm³/mol. The Morgan fingerprint density at radius 1 is 1.35 bits per heavy atom. The number of aryl methyl sites for hydroxylation is 1. The van der Waals surface area contributed by atoms with E-state index in [4.69, 9.17) is 9.26 Å². The van der Waals surface area contributed by atoms with Gasteiger partial charge in [-0.1, -0.05) is 18.5 Å². The van der Waals surface area contributed by atoms with Crippen molar-refractivity contribution in [1.82, 2.24) is 10.1 Å². The monoisotopic (exact) mass is 315 g/mol. The summed E-state index contributed by atoms with van der Waals surface area (Å²) in [5.41, 5.74) is 0.869. The number of rotatable bonds is 6. The van der Waals surface area contributed by atoms with Crippen molar-refractivity contribution in [3.8, 4) is 5.75 Å². The molecule has 1 aromatic heterocycles. The molecule has 1 aliphatic rings. The number of hydrogen-bond acceptors (Lipinski definition) is 5. The van der Waals surface area contributed by atoms with E-state index >= 15 is 0 Å². The van der Waals surface area contributed by atoms with Crippen LogP contribution in [0.5, 0.6) is 5.75 Å². The zero-order valence-electron chi connectivity index (χ0n) is 13.5. The van der Waals surface area contributed by atoms with Gasteiger partial charge in [0, 0.05) is 31.0 Å². The third-order valence-corrected chi connectivity index (χ3v) is 4.10. The fourth-order valence-electron chi connectivity index (χ4n) is 2.76. The summed E-state index contributed by atoms with van der Waals surface area (Å²) < 4.78 is 10.4. The molecule has 1 aromatic carbocycles. The van der Waals surface area contributed by atoms with Gasteiger partial charge in [-0.3, -0.25) is 4.79 Å². The Hall–Kier alpha value is -2.37. The molecule has 0 N–H and O–H groups in total. The van der Waals surface area contributed by atoms with Gasteiger partial charge in [-0.2, -0.15) is 4.98 Å². The Balaban J connectivity index is 1.70. The van der Waals surface area contributed by atoms with Crippen molar-refractivity contribution in [2.75, 3.05) is 18.6 Å². The first kappa shape index (κ1) is 15.5. The van der Waals surface area contributed by atoms with Crippen molar-refractivity contribution in [2.24, 2.45) is 0 Å². The van der Waals surface area contributed by atoms with E-state index in [1.165, 1.54) is 0 Å². The number of carbonyl (C=O) groups excluding carboxylic acids is 1. The first-order valence-electron chi connectivity index (χ1n) is 7.98. The summed E-state index contributed by atoms with van der Waals surface area (Å²) in [6.45, 7) is 2.71. The van der Waals surface area contributed by atoms with Gasteiger partial charge in [0.2, 0.25) is 11.8 Å². The molecule has 122 valence electrons. The highest BCUT2D eigenvalue weighted by Crippen LogP contribution is 2.31. The molecule has 0 bridgehead atoms. The maximum Gasteiger partial charge on any atom is 0.227 e. The van der Waals surface area contributed by atoms with Crippen LogP contribution in [0, 0.1) is 0 Å². The van der Waals surface area contributed by atoms with E-state index in [-0.39, 0.29) is 11.8 Å². The number of nitrogens with zero attached hydrogens (tertiary/aromatic N) is 3. The molecule has 0 spiro atoms. The molecule has 3 rings (SSSR count). The summed E-state index contributed by atoms with van der Waals surface area (Å²) in [6, 6.07) is 7.49. The molecule has 1 aliphatic heterocycles. The average molecular weight is 315 g/mol.